The normalized spacial score (nSPS) is 17.3. The van der Waals surface area contributed by atoms with Crippen LogP contribution in [0.15, 0.2) is 36.5 Å². The van der Waals surface area contributed by atoms with Crippen molar-refractivity contribution in [3.8, 4) is 0 Å². The van der Waals surface area contributed by atoms with Crippen LogP contribution >= 0.6 is 0 Å². The van der Waals surface area contributed by atoms with E-state index in [9.17, 15) is 4.79 Å². The first-order valence-corrected chi connectivity index (χ1v) is 7.82. The van der Waals surface area contributed by atoms with Crippen LogP contribution in [0.4, 0.5) is 0 Å². The van der Waals surface area contributed by atoms with Gasteiger partial charge in [0.15, 0.2) is 0 Å². The molecule has 1 aromatic heterocycles. The van der Waals surface area contributed by atoms with Gasteiger partial charge in [0, 0.05) is 24.4 Å². The van der Waals surface area contributed by atoms with Crippen molar-refractivity contribution in [2.45, 2.75) is 32.1 Å². The number of amides is 1. The first-order chi connectivity index (χ1) is 10.3. The van der Waals surface area contributed by atoms with Gasteiger partial charge in [-0.15, -0.1) is 0 Å². The molecule has 0 atom stereocenters. The molecule has 0 aliphatic carbocycles. The Hall–Kier alpha value is -1.68. The van der Waals surface area contributed by atoms with Crippen molar-refractivity contribution in [3.63, 3.8) is 0 Å². The number of hydrogen-bond donors (Lipinski definition) is 1. The minimum absolute atomic E-state index is 0.0867. The van der Waals surface area contributed by atoms with E-state index in [-0.39, 0.29) is 11.8 Å². The second kappa shape index (κ2) is 8.57. The summed E-state index contributed by atoms with van der Waals surface area (Å²) in [6.45, 7) is 2.94. The quantitative estimate of drug-likeness (QED) is 0.617. The number of hydrogen-bond acceptors (Lipinski definition) is 3. The lowest BCUT2D eigenvalue weighted by atomic mass is 9.96. The zero-order valence-corrected chi connectivity index (χ0v) is 12.6. The Labute approximate surface area is 127 Å². The standard InChI is InChI=1S/C17H25N3O/c18-17(21)15-9-13-20(14-10-15)12-6-2-1-3-7-16-8-4-5-11-19-16/h2,4-6,8,11,15H,1,3,7,9-10,12-14H2,(H2,18,21)/b6-2+. The zero-order valence-electron chi connectivity index (χ0n) is 12.6. The molecule has 114 valence electrons. The predicted molar refractivity (Wildman–Crippen MR) is 84.7 cm³/mol. The van der Waals surface area contributed by atoms with Gasteiger partial charge in [-0.25, -0.2) is 0 Å². The predicted octanol–water partition coefficient (Wildman–Crippen LogP) is 2.16. The molecule has 1 fully saturated rings. The number of nitrogens with zero attached hydrogens (tertiary/aromatic N) is 2. The van der Waals surface area contributed by atoms with Crippen molar-refractivity contribution in [2.75, 3.05) is 19.6 Å². The van der Waals surface area contributed by atoms with Gasteiger partial charge in [-0.1, -0.05) is 18.2 Å². The van der Waals surface area contributed by atoms with Crippen LogP contribution in [0.5, 0.6) is 0 Å². The molecule has 1 aliphatic heterocycles. The second-order valence-electron chi connectivity index (χ2n) is 5.66. The summed E-state index contributed by atoms with van der Waals surface area (Å²) < 4.78 is 0. The third-order valence-corrected chi connectivity index (χ3v) is 4.05. The van der Waals surface area contributed by atoms with E-state index < -0.39 is 0 Å². The Balaban J connectivity index is 1.56. The number of rotatable bonds is 7. The molecule has 1 saturated heterocycles. The topological polar surface area (TPSA) is 59.2 Å². The van der Waals surface area contributed by atoms with Crippen molar-refractivity contribution in [1.29, 1.82) is 0 Å². The number of piperidine rings is 1. The van der Waals surface area contributed by atoms with Crippen LogP contribution in [0.3, 0.4) is 0 Å². The van der Waals surface area contributed by atoms with Gasteiger partial charge >= 0.3 is 0 Å². The fourth-order valence-electron chi connectivity index (χ4n) is 2.69. The Morgan fingerprint density at radius 3 is 2.81 bits per heavy atom. The van der Waals surface area contributed by atoms with E-state index in [2.05, 4.69) is 28.1 Å². The lowest BCUT2D eigenvalue weighted by molar-refractivity contribution is -0.123. The monoisotopic (exact) mass is 287 g/mol. The highest BCUT2D eigenvalue weighted by Gasteiger charge is 2.21. The number of allylic oxidation sites excluding steroid dienone is 1. The molecular formula is C17H25N3O. The van der Waals surface area contributed by atoms with Gasteiger partial charge in [0.2, 0.25) is 5.91 Å². The van der Waals surface area contributed by atoms with Crippen molar-refractivity contribution in [1.82, 2.24) is 9.88 Å². The lowest BCUT2D eigenvalue weighted by Crippen LogP contribution is -2.38. The molecule has 0 spiro atoms. The average molecular weight is 287 g/mol. The van der Waals surface area contributed by atoms with E-state index in [0.29, 0.717) is 0 Å². The molecule has 1 amide bonds. The summed E-state index contributed by atoms with van der Waals surface area (Å²) >= 11 is 0. The van der Waals surface area contributed by atoms with Gasteiger partial charge in [-0.05, 0) is 57.3 Å². The third-order valence-electron chi connectivity index (χ3n) is 4.05. The molecule has 0 aromatic carbocycles. The molecule has 4 heteroatoms. The maximum atomic E-state index is 11.1. The molecule has 2 heterocycles. The molecule has 4 nitrogen and oxygen atoms in total. The van der Waals surface area contributed by atoms with Crippen LogP contribution in [0.1, 0.15) is 31.4 Å². The van der Waals surface area contributed by atoms with E-state index in [1.807, 2.05) is 18.3 Å². The number of nitrogens with two attached hydrogens (primary N) is 1. The smallest absolute Gasteiger partial charge is 0.220 e. The fourth-order valence-corrected chi connectivity index (χ4v) is 2.69. The SMILES string of the molecule is NC(=O)C1CCN(C/C=C/CCCc2ccccn2)CC1. The van der Waals surface area contributed by atoms with Crippen LogP contribution < -0.4 is 5.73 Å². The third kappa shape index (κ3) is 5.68. The molecule has 0 radical (unpaired) electrons. The molecule has 2 N–H and O–H groups in total. The molecule has 21 heavy (non-hydrogen) atoms. The molecule has 0 saturated carbocycles. The number of pyridine rings is 1. The summed E-state index contributed by atoms with van der Waals surface area (Å²) in [4.78, 5) is 17.8. The van der Waals surface area contributed by atoms with Gasteiger partial charge in [0.05, 0.1) is 0 Å². The zero-order chi connectivity index (χ0) is 14.9. The molecule has 1 aliphatic rings. The fraction of sp³-hybridized carbons (Fsp3) is 0.529. The van der Waals surface area contributed by atoms with Crippen LogP contribution in [0, 0.1) is 5.92 Å². The maximum absolute atomic E-state index is 11.1. The summed E-state index contributed by atoms with van der Waals surface area (Å²) in [7, 11) is 0. The number of unbranched alkanes of at least 4 members (excludes halogenated alkanes) is 1. The van der Waals surface area contributed by atoms with Gasteiger partial charge in [-0.2, -0.15) is 0 Å². The van der Waals surface area contributed by atoms with Crippen LogP contribution in [-0.2, 0) is 11.2 Å². The summed E-state index contributed by atoms with van der Waals surface area (Å²) in [6.07, 6.45) is 11.4. The Bertz CT molecular complexity index is 450. The molecular weight excluding hydrogens is 262 g/mol. The summed E-state index contributed by atoms with van der Waals surface area (Å²) in [5, 5.41) is 0. The Morgan fingerprint density at radius 1 is 1.33 bits per heavy atom. The highest BCUT2D eigenvalue weighted by Crippen LogP contribution is 2.16. The lowest BCUT2D eigenvalue weighted by Gasteiger charge is -2.29. The molecule has 0 bridgehead atoms. The van der Waals surface area contributed by atoms with E-state index in [0.717, 1.165) is 51.7 Å². The van der Waals surface area contributed by atoms with E-state index >= 15 is 0 Å². The number of aromatic nitrogens is 1. The summed E-state index contributed by atoms with van der Waals surface area (Å²) in [6, 6.07) is 6.06. The van der Waals surface area contributed by atoms with Crippen LogP contribution in [0.25, 0.3) is 0 Å². The van der Waals surface area contributed by atoms with Gasteiger partial charge in [0.25, 0.3) is 0 Å². The van der Waals surface area contributed by atoms with Crippen LogP contribution in [-0.4, -0.2) is 35.4 Å². The Kier molecular flexibility index (Phi) is 6.41. The van der Waals surface area contributed by atoms with E-state index in [4.69, 9.17) is 5.73 Å². The highest BCUT2D eigenvalue weighted by molar-refractivity contribution is 5.76. The van der Waals surface area contributed by atoms with E-state index in [1.54, 1.807) is 0 Å². The van der Waals surface area contributed by atoms with Crippen molar-refractivity contribution < 1.29 is 4.79 Å². The van der Waals surface area contributed by atoms with Crippen LogP contribution in [0.2, 0.25) is 0 Å². The summed E-state index contributed by atoms with van der Waals surface area (Å²) in [5.74, 6) is -0.0525. The Morgan fingerprint density at radius 2 is 2.14 bits per heavy atom. The highest BCUT2D eigenvalue weighted by atomic mass is 16.1. The van der Waals surface area contributed by atoms with Gasteiger partial charge in [0.1, 0.15) is 0 Å². The maximum Gasteiger partial charge on any atom is 0.220 e. The van der Waals surface area contributed by atoms with Crippen molar-refractivity contribution in [2.24, 2.45) is 11.7 Å². The number of aryl methyl sites for hydroxylation is 1. The number of carbonyl (C=O) groups excluding carboxylic acids is 1. The number of primary amides is 1. The first kappa shape index (κ1) is 15.7. The van der Waals surface area contributed by atoms with Crippen molar-refractivity contribution >= 4 is 5.91 Å². The number of carbonyl (C=O) groups is 1. The van der Waals surface area contributed by atoms with Crippen molar-refractivity contribution in [3.05, 3.63) is 42.2 Å². The molecule has 0 unspecified atom stereocenters. The second-order valence-corrected chi connectivity index (χ2v) is 5.66. The van der Waals surface area contributed by atoms with Gasteiger partial charge < -0.3 is 5.73 Å². The van der Waals surface area contributed by atoms with E-state index in [1.165, 1.54) is 5.69 Å². The number of likely N-dealkylation sites (tertiary alicyclic amines) is 1. The molecule has 2 rings (SSSR count). The minimum atomic E-state index is -0.139. The summed E-state index contributed by atoms with van der Waals surface area (Å²) in [5.41, 5.74) is 6.51. The minimum Gasteiger partial charge on any atom is -0.369 e. The largest absolute Gasteiger partial charge is 0.369 e. The van der Waals surface area contributed by atoms with Gasteiger partial charge in [-0.3, -0.25) is 14.7 Å². The average Bonchev–Trinajstić information content (AvgIpc) is 2.52. The first-order valence-electron chi connectivity index (χ1n) is 7.82. The molecule has 1 aromatic rings.